The van der Waals surface area contributed by atoms with Gasteiger partial charge in [0.05, 0.1) is 18.8 Å². The predicted molar refractivity (Wildman–Crippen MR) is 91.0 cm³/mol. The van der Waals surface area contributed by atoms with Crippen molar-refractivity contribution in [2.75, 3.05) is 13.2 Å². The Balaban J connectivity index is 0.000000975. The van der Waals surface area contributed by atoms with Crippen LogP contribution in [0.15, 0.2) is 24.4 Å². The lowest BCUT2D eigenvalue weighted by atomic mass is 9.95. The normalized spacial score (nSPS) is 10.9. The maximum atomic E-state index is 12.6. The molecule has 0 atom stereocenters. The van der Waals surface area contributed by atoms with Crippen molar-refractivity contribution < 1.29 is 86.4 Å². The Morgan fingerprint density at radius 3 is 1.51 bits per heavy atom. The van der Waals surface area contributed by atoms with Crippen LogP contribution in [0.1, 0.15) is 46.0 Å². The Morgan fingerprint density at radius 1 is 0.829 bits per heavy atom. The third-order valence-corrected chi connectivity index (χ3v) is 3.90. The van der Waals surface area contributed by atoms with Gasteiger partial charge >= 0.3 is 11.9 Å². The van der Waals surface area contributed by atoms with Gasteiger partial charge in [0.25, 0.3) is 0 Å². The minimum Gasteiger partial charge on any atom is -0.462 e. The van der Waals surface area contributed by atoms with Crippen molar-refractivity contribution in [1.82, 2.24) is 0 Å². The number of halogens is 2. The molecule has 0 radical (unpaired) electrons. The summed E-state index contributed by atoms with van der Waals surface area (Å²) in [5, 5.41) is 0. The molecule has 1 N–H and O–H groups in total. The van der Waals surface area contributed by atoms with E-state index in [1.807, 2.05) is 36.0 Å². The van der Waals surface area contributed by atoms with E-state index in [-0.39, 0.29) is 13.2 Å². The quantitative estimate of drug-likeness (QED) is 0.252. The van der Waals surface area contributed by atoms with E-state index in [1.54, 1.807) is 27.7 Å². The van der Waals surface area contributed by atoms with Gasteiger partial charge in [0.1, 0.15) is 18.2 Å². The standard InChI is InChI=1S/C19H23N2O4.2ClHO4/c1-6-24-18(22)15-12(3)20-13(4)16(19(23)25-7-2)17(15)14-10-8-9-11-21(14)5;2*2-1(3,4)5/h8-11H,6-7H2,1-5H3;2*(H,2,3,4,5)/q+1;;/p-1. The van der Waals surface area contributed by atoms with Gasteiger partial charge in [-0.2, -0.15) is 0 Å². The van der Waals surface area contributed by atoms with Crippen LogP contribution in [-0.4, -0.2) is 25.2 Å². The van der Waals surface area contributed by atoms with Gasteiger partial charge in [0, 0.05) is 26.0 Å². The van der Waals surface area contributed by atoms with Crippen LogP contribution in [-0.2, 0) is 16.5 Å². The largest absolute Gasteiger partial charge is 0.462 e. The second-order valence-electron chi connectivity index (χ2n) is 6.39. The molecule has 0 spiro atoms. The lowest BCUT2D eigenvalue weighted by Crippen LogP contribution is -2.68. The lowest BCUT2D eigenvalue weighted by molar-refractivity contribution is -2.00. The first-order chi connectivity index (χ1) is 15.9. The first kappa shape index (κ1) is 32.5. The van der Waals surface area contributed by atoms with Crippen molar-refractivity contribution >= 4 is 11.9 Å². The van der Waals surface area contributed by atoms with Crippen LogP contribution < -0.4 is 46.8 Å². The zero-order valence-corrected chi connectivity index (χ0v) is 20.8. The fraction of sp³-hybridized carbons (Fsp3) is 0.368. The van der Waals surface area contributed by atoms with E-state index >= 15 is 0 Å². The molecule has 14 nitrogen and oxygen atoms in total. The first-order valence-corrected chi connectivity index (χ1v) is 12.0. The van der Waals surface area contributed by atoms with E-state index in [2.05, 4.69) is 4.98 Å². The molecule has 0 aliphatic heterocycles. The van der Waals surface area contributed by atoms with Gasteiger partial charge in [-0.15, -0.1) is 20.5 Å². The number of ether oxygens (including phenoxy) is 2. The zero-order chi connectivity index (χ0) is 27.6. The van der Waals surface area contributed by atoms with Gasteiger partial charge in [-0.05, 0) is 19.9 Å². The molecule has 0 fully saturated rings. The van der Waals surface area contributed by atoms with Crippen molar-refractivity contribution in [2.24, 2.45) is 7.05 Å². The molecule has 0 amide bonds. The number of carbonyl (C=O) groups is 2. The molecule has 0 saturated carbocycles. The summed E-state index contributed by atoms with van der Waals surface area (Å²) in [5.74, 6) is -0.943. The number of rotatable bonds is 5. The van der Waals surface area contributed by atoms with Gasteiger partial charge in [0.2, 0.25) is 5.69 Å². The summed E-state index contributed by atoms with van der Waals surface area (Å²) >= 11 is 0. The van der Waals surface area contributed by atoms with Crippen LogP contribution >= 0.6 is 0 Å². The number of aromatic amines is 1. The van der Waals surface area contributed by atoms with Crippen molar-refractivity contribution in [3.05, 3.63) is 46.9 Å². The average molecular weight is 543 g/mol. The molecule has 0 aliphatic rings. The highest BCUT2D eigenvalue weighted by atomic mass is 35.7. The molecular formula is C19H24Cl2N2O12. The highest BCUT2D eigenvalue weighted by molar-refractivity contribution is 6.05. The van der Waals surface area contributed by atoms with Gasteiger partial charge in [-0.25, -0.2) is 56.4 Å². The molecule has 0 aromatic carbocycles. The molecular weight excluding hydrogens is 519 g/mol. The summed E-state index contributed by atoms with van der Waals surface area (Å²) in [6.45, 7) is 7.59. The monoisotopic (exact) mass is 542 g/mol. The summed E-state index contributed by atoms with van der Waals surface area (Å²) in [6.07, 6.45) is 1.86. The van der Waals surface area contributed by atoms with Crippen molar-refractivity contribution in [3.63, 3.8) is 0 Å². The first-order valence-electron chi connectivity index (χ1n) is 9.51. The minimum absolute atomic E-state index is 0.251. The van der Waals surface area contributed by atoms with Crippen LogP contribution in [0.4, 0.5) is 0 Å². The predicted octanol–water partition coefficient (Wildman–Crippen LogP) is -7.55. The molecule has 2 aromatic rings. The Bertz CT molecular complexity index is 940. The van der Waals surface area contributed by atoms with Gasteiger partial charge in [-0.3, -0.25) is 0 Å². The number of aromatic nitrogens is 2. The molecule has 0 bridgehead atoms. The van der Waals surface area contributed by atoms with Crippen molar-refractivity contribution in [1.29, 1.82) is 0 Å². The van der Waals surface area contributed by atoms with Gasteiger partial charge in [-0.1, -0.05) is 0 Å². The number of nitrogens with one attached hydrogen (secondary N) is 1. The Kier molecular flexibility index (Phi) is 13.1. The fourth-order valence-corrected chi connectivity index (χ4v) is 2.86. The molecule has 196 valence electrons. The summed E-state index contributed by atoms with van der Waals surface area (Å²) in [6, 6.07) is 5.60. The summed E-state index contributed by atoms with van der Waals surface area (Å²) in [7, 11) is -8.03. The maximum Gasteiger partial charge on any atom is 0.345 e. The molecule has 2 aromatic heterocycles. The zero-order valence-electron chi connectivity index (χ0n) is 19.3. The van der Waals surface area contributed by atoms with Crippen molar-refractivity contribution in [2.45, 2.75) is 27.7 Å². The highest BCUT2D eigenvalue weighted by Crippen LogP contribution is 2.29. The third-order valence-electron chi connectivity index (χ3n) is 3.90. The molecule has 16 heteroatoms. The number of carbonyl (C=O) groups excluding carboxylic acids is 2. The van der Waals surface area contributed by atoms with E-state index in [9.17, 15) is 9.59 Å². The number of esters is 2. The summed E-state index contributed by atoms with van der Waals surface area (Å²) < 4.78 is 80.3. The van der Waals surface area contributed by atoms with Crippen LogP contribution in [0.5, 0.6) is 0 Å². The number of hydrogen-bond donors (Lipinski definition) is 0. The third kappa shape index (κ3) is 12.7. The average Bonchev–Trinajstić information content (AvgIpc) is 2.65. The van der Waals surface area contributed by atoms with Gasteiger partial charge < -0.3 is 9.47 Å². The molecule has 2 rings (SSSR count). The fourth-order valence-electron chi connectivity index (χ4n) is 2.86. The maximum absolute atomic E-state index is 12.6. The number of nitrogens with zero attached hydrogens (tertiary/aromatic N) is 1. The number of H-pyrrole nitrogens is 1. The second kappa shape index (κ2) is 14.2. The molecule has 0 saturated heterocycles. The summed E-state index contributed by atoms with van der Waals surface area (Å²) in [5.41, 5.74) is 3.22. The lowest BCUT2D eigenvalue weighted by Gasteiger charge is -2.17. The molecule has 0 unspecified atom stereocenters. The van der Waals surface area contributed by atoms with Crippen LogP contribution in [0.25, 0.3) is 11.3 Å². The smallest absolute Gasteiger partial charge is 0.345 e. The highest BCUT2D eigenvalue weighted by Gasteiger charge is 2.34. The van der Waals surface area contributed by atoms with E-state index in [0.717, 1.165) is 5.69 Å². The van der Waals surface area contributed by atoms with E-state index in [4.69, 9.17) is 46.7 Å². The van der Waals surface area contributed by atoms with Crippen LogP contribution in [0.2, 0.25) is 0 Å². The van der Waals surface area contributed by atoms with E-state index in [1.165, 1.54) is 0 Å². The second-order valence-corrected chi connectivity index (χ2v) is 7.91. The SMILES string of the molecule is CCOC(=O)c1c(C)[nH+]c(C)c(C(=O)OCC)c1-c1cccc[n+]1C.[O-][Cl+3]([O-])([O-])[O-].[O-][Cl+3]([O-])([O-])[O-]. The Hall–Kier alpha value is -2.50. The summed E-state index contributed by atoms with van der Waals surface area (Å²) in [4.78, 5) is 28.3. The minimum atomic E-state index is -4.94. The van der Waals surface area contributed by atoms with Crippen LogP contribution in [0.3, 0.4) is 0 Å². The molecule has 35 heavy (non-hydrogen) atoms. The van der Waals surface area contributed by atoms with E-state index in [0.29, 0.717) is 28.1 Å². The van der Waals surface area contributed by atoms with Crippen molar-refractivity contribution in [3.8, 4) is 11.3 Å². The Labute approximate surface area is 204 Å². The van der Waals surface area contributed by atoms with Gasteiger partial charge in [0.15, 0.2) is 17.6 Å². The molecule has 0 aliphatic carbocycles. The van der Waals surface area contributed by atoms with Crippen LogP contribution in [0, 0.1) is 34.3 Å². The number of aryl methyl sites for hydroxylation is 3. The number of hydrogen-bond acceptors (Lipinski definition) is 12. The van der Waals surface area contributed by atoms with E-state index < -0.39 is 32.4 Å². The molecule has 2 heterocycles. The number of pyridine rings is 2. The Morgan fingerprint density at radius 2 is 1.20 bits per heavy atom. The topological polar surface area (TPSA) is 255 Å².